The molecule has 2 aromatic carbocycles. The molecule has 5 heteroatoms. The molecular weight excluding hydrogens is 346 g/mol. The quantitative estimate of drug-likeness (QED) is 0.663. The first-order valence-electron chi connectivity index (χ1n) is 7.86. The number of pyridine rings is 1. The summed E-state index contributed by atoms with van der Waals surface area (Å²) in [6, 6.07) is 21.4. The topological polar surface area (TPSA) is 65.8 Å². The molecule has 1 heterocycles. The minimum absolute atomic E-state index is 0.223. The molecule has 1 aromatic heterocycles. The van der Waals surface area contributed by atoms with Crippen LogP contribution in [0.2, 0.25) is 5.02 Å². The summed E-state index contributed by atoms with van der Waals surface area (Å²) >= 11 is 5.83. The van der Waals surface area contributed by atoms with Gasteiger partial charge in [-0.25, -0.2) is 0 Å². The fourth-order valence-corrected chi connectivity index (χ4v) is 2.45. The van der Waals surface area contributed by atoms with Crippen LogP contribution in [0, 0.1) is 11.3 Å². The first-order valence-corrected chi connectivity index (χ1v) is 8.24. The van der Waals surface area contributed by atoms with Crippen LogP contribution in [-0.4, -0.2) is 10.9 Å². The van der Waals surface area contributed by atoms with Crippen molar-refractivity contribution < 1.29 is 4.79 Å². The Morgan fingerprint density at radius 2 is 1.69 bits per heavy atom. The molecule has 0 atom stereocenters. The number of nitrogens with one attached hydrogen (secondary N) is 1. The van der Waals surface area contributed by atoms with Gasteiger partial charge in [-0.15, -0.1) is 0 Å². The molecule has 0 aliphatic carbocycles. The second-order valence-electron chi connectivity index (χ2n) is 5.46. The van der Waals surface area contributed by atoms with E-state index in [-0.39, 0.29) is 5.91 Å². The van der Waals surface area contributed by atoms with Crippen LogP contribution in [0.3, 0.4) is 0 Å². The maximum absolute atomic E-state index is 12.2. The maximum atomic E-state index is 12.2. The maximum Gasteiger partial charge on any atom is 0.255 e. The number of nitriles is 1. The number of hydrogen-bond acceptors (Lipinski definition) is 3. The summed E-state index contributed by atoms with van der Waals surface area (Å²) in [6.45, 7) is 0. The van der Waals surface area contributed by atoms with E-state index in [1.165, 1.54) is 0 Å². The van der Waals surface area contributed by atoms with Crippen molar-refractivity contribution in [2.75, 3.05) is 5.32 Å². The number of carbonyl (C=O) groups is 1. The summed E-state index contributed by atoms with van der Waals surface area (Å²) in [7, 11) is 0. The van der Waals surface area contributed by atoms with Crippen LogP contribution >= 0.6 is 11.6 Å². The van der Waals surface area contributed by atoms with Crippen molar-refractivity contribution in [1.82, 2.24) is 4.98 Å². The van der Waals surface area contributed by atoms with E-state index >= 15 is 0 Å². The molecule has 1 N–H and O–H groups in total. The van der Waals surface area contributed by atoms with Crippen LogP contribution < -0.4 is 5.32 Å². The molecule has 0 fully saturated rings. The lowest BCUT2D eigenvalue weighted by Gasteiger charge is -2.07. The number of amides is 1. The lowest BCUT2D eigenvalue weighted by molar-refractivity contribution is 0.102. The van der Waals surface area contributed by atoms with E-state index in [1.54, 1.807) is 60.8 Å². The number of allylic oxidation sites excluding steroid dienone is 1. The molecule has 0 saturated carbocycles. The van der Waals surface area contributed by atoms with Crippen LogP contribution in [0.1, 0.15) is 21.6 Å². The predicted molar refractivity (Wildman–Crippen MR) is 104 cm³/mol. The van der Waals surface area contributed by atoms with E-state index in [4.69, 9.17) is 11.6 Å². The highest BCUT2D eigenvalue weighted by molar-refractivity contribution is 6.30. The van der Waals surface area contributed by atoms with Crippen molar-refractivity contribution in [2.45, 2.75) is 0 Å². The zero-order valence-electron chi connectivity index (χ0n) is 13.7. The van der Waals surface area contributed by atoms with Gasteiger partial charge in [-0.3, -0.25) is 9.78 Å². The van der Waals surface area contributed by atoms with Crippen molar-refractivity contribution in [2.24, 2.45) is 0 Å². The predicted octanol–water partition coefficient (Wildman–Crippen LogP) is 5.05. The first kappa shape index (κ1) is 17.4. The second-order valence-corrected chi connectivity index (χ2v) is 5.90. The van der Waals surface area contributed by atoms with Crippen molar-refractivity contribution >= 4 is 34.8 Å². The Hall–Kier alpha value is -3.42. The van der Waals surface area contributed by atoms with Gasteiger partial charge in [-0.2, -0.15) is 5.26 Å². The van der Waals surface area contributed by atoms with Crippen molar-refractivity contribution in [3.63, 3.8) is 0 Å². The normalized spacial score (nSPS) is 10.8. The number of aromatic nitrogens is 1. The lowest BCUT2D eigenvalue weighted by atomic mass is 10.1. The number of carbonyl (C=O) groups excluding carboxylic acids is 1. The highest BCUT2D eigenvalue weighted by atomic mass is 35.5. The van der Waals surface area contributed by atoms with Gasteiger partial charge in [0.05, 0.1) is 17.3 Å². The summed E-state index contributed by atoms with van der Waals surface area (Å²) < 4.78 is 0. The van der Waals surface area contributed by atoms with E-state index < -0.39 is 0 Å². The second kappa shape index (κ2) is 8.11. The lowest BCUT2D eigenvalue weighted by Crippen LogP contribution is -2.11. The number of halogens is 1. The van der Waals surface area contributed by atoms with Crippen molar-refractivity contribution in [1.29, 1.82) is 5.26 Å². The van der Waals surface area contributed by atoms with Crippen molar-refractivity contribution in [3.8, 4) is 6.07 Å². The monoisotopic (exact) mass is 359 g/mol. The van der Waals surface area contributed by atoms with Gasteiger partial charge in [0, 0.05) is 22.5 Å². The molecule has 0 unspecified atom stereocenters. The molecule has 3 rings (SSSR count). The zero-order valence-corrected chi connectivity index (χ0v) is 14.4. The number of benzene rings is 2. The van der Waals surface area contributed by atoms with Crippen LogP contribution in [0.25, 0.3) is 11.6 Å². The van der Waals surface area contributed by atoms with Crippen LogP contribution in [-0.2, 0) is 0 Å². The fraction of sp³-hybridized carbons (Fsp3) is 0. The Kier molecular flexibility index (Phi) is 5.43. The smallest absolute Gasteiger partial charge is 0.255 e. The minimum Gasteiger partial charge on any atom is -0.322 e. The Morgan fingerprint density at radius 3 is 2.31 bits per heavy atom. The minimum atomic E-state index is -0.223. The van der Waals surface area contributed by atoms with Gasteiger partial charge < -0.3 is 5.32 Å². The third-order valence-corrected chi connectivity index (χ3v) is 3.91. The molecule has 0 aliphatic heterocycles. The Morgan fingerprint density at radius 1 is 1.00 bits per heavy atom. The van der Waals surface area contributed by atoms with Crippen LogP contribution in [0.5, 0.6) is 0 Å². The molecule has 0 spiro atoms. The highest BCUT2D eigenvalue weighted by Crippen LogP contribution is 2.20. The first-order chi connectivity index (χ1) is 12.7. The van der Waals surface area contributed by atoms with Crippen LogP contribution in [0.15, 0.2) is 72.9 Å². The molecule has 3 aromatic rings. The molecule has 4 nitrogen and oxygen atoms in total. The molecule has 0 aliphatic rings. The van der Waals surface area contributed by atoms with Crippen LogP contribution in [0.4, 0.5) is 5.69 Å². The third-order valence-electron chi connectivity index (χ3n) is 3.66. The van der Waals surface area contributed by atoms with Gasteiger partial charge in [0.15, 0.2) is 0 Å². The third kappa shape index (κ3) is 4.35. The molecule has 126 valence electrons. The fourth-order valence-electron chi connectivity index (χ4n) is 2.33. The summed E-state index contributed by atoms with van der Waals surface area (Å²) in [4.78, 5) is 16.4. The number of anilines is 1. The van der Waals surface area contributed by atoms with Gasteiger partial charge >= 0.3 is 0 Å². The Balaban J connectivity index is 1.75. The van der Waals surface area contributed by atoms with Gasteiger partial charge in [0.2, 0.25) is 0 Å². The molecule has 0 radical (unpaired) electrons. The van der Waals surface area contributed by atoms with Gasteiger partial charge in [-0.1, -0.05) is 29.8 Å². The Labute approximate surface area is 156 Å². The summed E-state index contributed by atoms with van der Waals surface area (Å²) in [5, 5.41) is 12.8. The average molecular weight is 360 g/mol. The van der Waals surface area contributed by atoms with Gasteiger partial charge in [-0.05, 0) is 60.2 Å². The van der Waals surface area contributed by atoms with Crippen molar-refractivity contribution in [3.05, 3.63) is 94.8 Å². The number of hydrogen-bond donors (Lipinski definition) is 1. The van der Waals surface area contributed by atoms with Gasteiger partial charge in [0.1, 0.15) is 0 Å². The molecule has 0 saturated heterocycles. The van der Waals surface area contributed by atoms with E-state index in [9.17, 15) is 10.1 Å². The average Bonchev–Trinajstić information content (AvgIpc) is 2.68. The highest BCUT2D eigenvalue weighted by Gasteiger charge is 2.07. The largest absolute Gasteiger partial charge is 0.322 e. The molecule has 0 bridgehead atoms. The number of rotatable bonds is 4. The zero-order chi connectivity index (χ0) is 18.4. The summed E-state index contributed by atoms with van der Waals surface area (Å²) in [6.07, 6.45) is 3.40. The molecule has 1 amide bonds. The Bertz CT molecular complexity index is 973. The van der Waals surface area contributed by atoms with E-state index in [1.807, 2.05) is 18.2 Å². The van der Waals surface area contributed by atoms with E-state index in [2.05, 4.69) is 16.4 Å². The number of nitrogens with zero attached hydrogens (tertiary/aromatic N) is 2. The van der Waals surface area contributed by atoms with E-state index in [0.29, 0.717) is 27.5 Å². The van der Waals surface area contributed by atoms with E-state index in [0.717, 1.165) is 5.56 Å². The summed E-state index contributed by atoms with van der Waals surface area (Å²) in [5.74, 6) is -0.223. The SMILES string of the molecule is N#C/C(=C\c1ccccn1)c1ccc(NC(=O)c2ccc(Cl)cc2)cc1. The standard InChI is InChI=1S/C21H14ClN3O/c22-18-8-4-16(5-9-18)21(26)25-19-10-6-15(7-11-19)17(14-23)13-20-3-1-2-12-24-20/h1-13H,(H,25,26)/b17-13+. The molecular formula is C21H14ClN3O. The summed E-state index contributed by atoms with van der Waals surface area (Å²) in [5.41, 5.74) is 3.13. The molecule has 26 heavy (non-hydrogen) atoms. The van der Waals surface area contributed by atoms with Gasteiger partial charge in [0.25, 0.3) is 5.91 Å².